The molecule has 1 heterocycles. The number of carbonyl (C=O) groups excluding carboxylic acids is 1. The molecule has 3 aromatic rings. The van der Waals surface area contributed by atoms with Crippen LogP contribution in [0.25, 0.3) is 10.8 Å². The van der Waals surface area contributed by atoms with Gasteiger partial charge in [0.1, 0.15) is 5.75 Å². The topological polar surface area (TPSA) is 56.6 Å². The standard InChI is InChI=1S/C25H27N3O2/c1-18-6-5-7-21(14-18)28-13-12-27(16-19(28)2)25(29)17-30-24-11-10-20(15-26)22-8-3-4-9-23(22)24/h3-11,14-15,19,26H,12-13,16-17H2,1-2H3. The summed E-state index contributed by atoms with van der Waals surface area (Å²) in [4.78, 5) is 17.1. The molecule has 5 heteroatoms. The van der Waals surface area contributed by atoms with E-state index in [0.717, 1.165) is 22.9 Å². The zero-order chi connectivity index (χ0) is 21.1. The Morgan fingerprint density at radius 3 is 2.63 bits per heavy atom. The number of benzene rings is 3. The van der Waals surface area contributed by atoms with E-state index in [-0.39, 0.29) is 18.6 Å². The highest BCUT2D eigenvalue weighted by Gasteiger charge is 2.27. The lowest BCUT2D eigenvalue weighted by Gasteiger charge is -2.41. The molecule has 3 aromatic carbocycles. The van der Waals surface area contributed by atoms with Gasteiger partial charge in [0.2, 0.25) is 0 Å². The Morgan fingerprint density at radius 2 is 1.90 bits per heavy atom. The normalized spacial score (nSPS) is 16.5. The number of hydrogen-bond acceptors (Lipinski definition) is 4. The highest BCUT2D eigenvalue weighted by atomic mass is 16.5. The van der Waals surface area contributed by atoms with Crippen LogP contribution in [0.4, 0.5) is 5.69 Å². The maximum absolute atomic E-state index is 12.8. The van der Waals surface area contributed by atoms with E-state index >= 15 is 0 Å². The summed E-state index contributed by atoms with van der Waals surface area (Å²) in [6.45, 7) is 6.46. The van der Waals surface area contributed by atoms with Gasteiger partial charge in [0.25, 0.3) is 5.91 Å². The molecule has 1 saturated heterocycles. The predicted octanol–water partition coefficient (Wildman–Crippen LogP) is 4.26. The molecule has 4 rings (SSSR count). The van der Waals surface area contributed by atoms with Gasteiger partial charge in [0.05, 0.1) is 0 Å². The van der Waals surface area contributed by atoms with Gasteiger partial charge in [0, 0.05) is 48.5 Å². The molecule has 5 nitrogen and oxygen atoms in total. The summed E-state index contributed by atoms with van der Waals surface area (Å²) in [6.07, 6.45) is 1.34. The van der Waals surface area contributed by atoms with Gasteiger partial charge in [-0.1, -0.05) is 36.4 Å². The van der Waals surface area contributed by atoms with E-state index in [1.165, 1.54) is 17.5 Å². The lowest BCUT2D eigenvalue weighted by atomic mass is 10.0. The van der Waals surface area contributed by atoms with Crippen LogP contribution in [0.1, 0.15) is 18.1 Å². The van der Waals surface area contributed by atoms with Crippen LogP contribution >= 0.6 is 0 Å². The minimum atomic E-state index is 0.00551. The van der Waals surface area contributed by atoms with E-state index in [1.54, 1.807) is 0 Å². The van der Waals surface area contributed by atoms with Crippen molar-refractivity contribution in [3.63, 3.8) is 0 Å². The van der Waals surface area contributed by atoms with Gasteiger partial charge in [-0.25, -0.2) is 0 Å². The van der Waals surface area contributed by atoms with E-state index in [0.29, 0.717) is 18.8 Å². The monoisotopic (exact) mass is 401 g/mol. The average molecular weight is 402 g/mol. The zero-order valence-corrected chi connectivity index (χ0v) is 17.5. The van der Waals surface area contributed by atoms with Crippen LogP contribution in [0.2, 0.25) is 0 Å². The van der Waals surface area contributed by atoms with E-state index in [2.05, 4.69) is 43.0 Å². The second-order valence-corrected chi connectivity index (χ2v) is 7.85. The number of piperazine rings is 1. The van der Waals surface area contributed by atoms with Crippen molar-refractivity contribution in [2.24, 2.45) is 0 Å². The molecular formula is C25H27N3O2. The van der Waals surface area contributed by atoms with Crippen LogP contribution in [0.5, 0.6) is 5.75 Å². The number of ether oxygens (including phenoxy) is 1. The predicted molar refractivity (Wildman–Crippen MR) is 122 cm³/mol. The molecule has 154 valence electrons. The molecule has 0 radical (unpaired) electrons. The van der Waals surface area contributed by atoms with Crippen molar-refractivity contribution >= 4 is 28.6 Å². The number of fused-ring (bicyclic) bond motifs is 1. The molecule has 30 heavy (non-hydrogen) atoms. The van der Waals surface area contributed by atoms with Gasteiger partial charge in [-0.2, -0.15) is 0 Å². The lowest BCUT2D eigenvalue weighted by Crippen LogP contribution is -2.54. The molecule has 0 saturated carbocycles. The Morgan fingerprint density at radius 1 is 1.10 bits per heavy atom. The zero-order valence-electron chi connectivity index (χ0n) is 17.5. The Bertz CT molecular complexity index is 1080. The van der Waals surface area contributed by atoms with E-state index in [9.17, 15) is 4.79 Å². The first kappa shape index (κ1) is 20.0. The fourth-order valence-corrected chi connectivity index (χ4v) is 4.15. The summed E-state index contributed by atoms with van der Waals surface area (Å²) in [6, 6.07) is 20.3. The van der Waals surface area contributed by atoms with Crippen molar-refractivity contribution in [1.82, 2.24) is 4.90 Å². The van der Waals surface area contributed by atoms with Crippen molar-refractivity contribution in [3.8, 4) is 5.75 Å². The van der Waals surface area contributed by atoms with Crippen molar-refractivity contribution in [2.45, 2.75) is 19.9 Å². The molecule has 1 aliphatic heterocycles. The van der Waals surface area contributed by atoms with Gasteiger partial charge >= 0.3 is 0 Å². The third-order valence-electron chi connectivity index (χ3n) is 5.74. The highest BCUT2D eigenvalue weighted by Crippen LogP contribution is 2.28. The minimum absolute atomic E-state index is 0.00551. The van der Waals surface area contributed by atoms with Crippen LogP contribution in [0.15, 0.2) is 60.7 Å². The first-order chi connectivity index (χ1) is 14.6. The highest BCUT2D eigenvalue weighted by molar-refractivity contribution is 6.01. The van der Waals surface area contributed by atoms with Gasteiger partial charge < -0.3 is 19.9 Å². The summed E-state index contributed by atoms with van der Waals surface area (Å²) >= 11 is 0. The summed E-state index contributed by atoms with van der Waals surface area (Å²) in [5, 5.41) is 9.46. The number of aryl methyl sites for hydroxylation is 1. The Hall–Kier alpha value is -3.34. The number of nitrogens with zero attached hydrogens (tertiary/aromatic N) is 2. The second-order valence-electron chi connectivity index (χ2n) is 7.85. The minimum Gasteiger partial charge on any atom is -0.483 e. The number of rotatable bonds is 5. The first-order valence-corrected chi connectivity index (χ1v) is 10.3. The Labute approximate surface area is 177 Å². The quantitative estimate of drug-likeness (QED) is 0.650. The average Bonchev–Trinajstić information content (AvgIpc) is 2.77. The molecule has 0 aliphatic carbocycles. The molecule has 0 aromatic heterocycles. The van der Waals surface area contributed by atoms with Gasteiger partial charge in [-0.3, -0.25) is 4.79 Å². The van der Waals surface area contributed by atoms with Gasteiger partial charge in [0.15, 0.2) is 6.61 Å². The van der Waals surface area contributed by atoms with E-state index < -0.39 is 0 Å². The SMILES string of the molecule is Cc1cccc(N2CCN(C(=O)COc3ccc(C=N)c4ccccc34)CC2C)c1. The number of amides is 1. The van der Waals surface area contributed by atoms with Crippen LogP contribution < -0.4 is 9.64 Å². The second kappa shape index (κ2) is 8.57. The summed E-state index contributed by atoms with van der Waals surface area (Å²) in [5.74, 6) is 0.682. The molecule has 1 atom stereocenters. The largest absolute Gasteiger partial charge is 0.483 e. The Balaban J connectivity index is 1.41. The molecule has 1 amide bonds. The maximum atomic E-state index is 12.8. The number of hydrogen-bond donors (Lipinski definition) is 1. The Kier molecular flexibility index (Phi) is 5.70. The van der Waals surface area contributed by atoms with Crippen molar-refractivity contribution < 1.29 is 9.53 Å². The van der Waals surface area contributed by atoms with Crippen LogP contribution in [-0.2, 0) is 4.79 Å². The third kappa shape index (κ3) is 4.01. The van der Waals surface area contributed by atoms with E-state index in [1.807, 2.05) is 41.3 Å². The van der Waals surface area contributed by atoms with Crippen molar-refractivity contribution in [1.29, 1.82) is 5.41 Å². The molecule has 1 unspecified atom stereocenters. The number of anilines is 1. The number of carbonyl (C=O) groups is 1. The van der Waals surface area contributed by atoms with Gasteiger partial charge in [-0.15, -0.1) is 0 Å². The third-order valence-corrected chi connectivity index (χ3v) is 5.74. The summed E-state index contributed by atoms with van der Waals surface area (Å²) in [7, 11) is 0. The van der Waals surface area contributed by atoms with E-state index in [4.69, 9.17) is 10.1 Å². The fraction of sp³-hybridized carbons (Fsp3) is 0.280. The summed E-state index contributed by atoms with van der Waals surface area (Å²) < 4.78 is 5.92. The van der Waals surface area contributed by atoms with Crippen molar-refractivity contribution in [3.05, 3.63) is 71.8 Å². The summed E-state index contributed by atoms with van der Waals surface area (Å²) in [5.41, 5.74) is 3.29. The fourth-order valence-electron chi connectivity index (χ4n) is 4.15. The molecule has 0 spiro atoms. The smallest absolute Gasteiger partial charge is 0.260 e. The molecule has 1 N–H and O–H groups in total. The molecule has 1 fully saturated rings. The van der Waals surface area contributed by atoms with Gasteiger partial charge in [-0.05, 0) is 49.1 Å². The number of nitrogens with one attached hydrogen (secondary N) is 1. The lowest BCUT2D eigenvalue weighted by molar-refractivity contribution is -0.134. The van der Waals surface area contributed by atoms with Crippen molar-refractivity contribution in [2.75, 3.05) is 31.1 Å². The van der Waals surface area contributed by atoms with Crippen LogP contribution in [-0.4, -0.2) is 49.3 Å². The van der Waals surface area contributed by atoms with Crippen LogP contribution in [0.3, 0.4) is 0 Å². The first-order valence-electron chi connectivity index (χ1n) is 10.3. The van der Waals surface area contributed by atoms with Crippen LogP contribution in [0, 0.1) is 12.3 Å². The molecule has 0 bridgehead atoms. The molecule has 1 aliphatic rings. The maximum Gasteiger partial charge on any atom is 0.260 e. The molecular weight excluding hydrogens is 374 g/mol.